The van der Waals surface area contributed by atoms with Crippen LogP contribution in [0.2, 0.25) is 0 Å². The summed E-state index contributed by atoms with van der Waals surface area (Å²) >= 11 is 0. The lowest BCUT2D eigenvalue weighted by molar-refractivity contribution is -0.107. The van der Waals surface area contributed by atoms with Crippen molar-refractivity contribution in [3.8, 4) is 5.75 Å². The van der Waals surface area contributed by atoms with Crippen LogP contribution in [0.4, 0.5) is 0 Å². The lowest BCUT2D eigenvalue weighted by Crippen LogP contribution is -1.90. The third-order valence-electron chi connectivity index (χ3n) is 2.84. The fraction of sp³-hybridized carbons (Fsp3) is 0.500. The minimum absolute atomic E-state index is 0.407. The molecule has 2 heteroatoms. The van der Waals surface area contributed by atoms with E-state index >= 15 is 0 Å². The molecule has 0 aliphatic rings. The minimum atomic E-state index is 0.407. The van der Waals surface area contributed by atoms with E-state index in [0.29, 0.717) is 12.2 Å². The predicted molar refractivity (Wildman–Crippen MR) is 65.8 cm³/mol. The molecule has 0 aliphatic carbocycles. The summed E-state index contributed by atoms with van der Waals surface area (Å²) in [5.74, 6) is 0.407. The number of aryl methyl sites for hydroxylation is 3. The number of carbonyl (C=O) groups is 1. The Morgan fingerprint density at radius 3 is 2.31 bits per heavy atom. The summed E-state index contributed by atoms with van der Waals surface area (Å²) in [6.07, 6.45) is 5.87. The number of aromatic hydroxyl groups is 1. The van der Waals surface area contributed by atoms with Crippen molar-refractivity contribution in [1.29, 1.82) is 0 Å². The van der Waals surface area contributed by atoms with Gasteiger partial charge in [0, 0.05) is 6.42 Å². The maximum atomic E-state index is 10.1. The van der Waals surface area contributed by atoms with Crippen LogP contribution in [0.5, 0.6) is 5.75 Å². The number of hydrogen-bond donors (Lipinski definition) is 1. The van der Waals surface area contributed by atoms with Crippen molar-refractivity contribution in [3.63, 3.8) is 0 Å². The number of carbonyl (C=O) groups excluding carboxylic acids is 1. The van der Waals surface area contributed by atoms with Crippen LogP contribution in [-0.2, 0) is 11.2 Å². The summed E-state index contributed by atoms with van der Waals surface area (Å²) in [4.78, 5) is 10.1. The first kappa shape index (κ1) is 12.8. The largest absolute Gasteiger partial charge is 0.507 e. The molecular formula is C14H20O2. The molecule has 0 radical (unpaired) electrons. The molecule has 0 saturated heterocycles. The summed E-state index contributed by atoms with van der Waals surface area (Å²) in [5.41, 5.74) is 3.17. The van der Waals surface area contributed by atoms with Gasteiger partial charge in [0.05, 0.1) is 0 Å². The molecule has 1 aromatic rings. The molecule has 0 aromatic heterocycles. The van der Waals surface area contributed by atoms with Crippen molar-refractivity contribution < 1.29 is 9.90 Å². The van der Waals surface area contributed by atoms with E-state index in [4.69, 9.17) is 0 Å². The van der Waals surface area contributed by atoms with Crippen LogP contribution in [-0.4, -0.2) is 11.4 Å². The van der Waals surface area contributed by atoms with Crippen molar-refractivity contribution in [3.05, 3.63) is 28.8 Å². The Balaban J connectivity index is 2.45. The number of benzene rings is 1. The molecule has 1 N–H and O–H groups in total. The van der Waals surface area contributed by atoms with Gasteiger partial charge in [-0.05, 0) is 49.8 Å². The van der Waals surface area contributed by atoms with E-state index in [9.17, 15) is 9.90 Å². The first-order valence-electron chi connectivity index (χ1n) is 5.88. The summed E-state index contributed by atoms with van der Waals surface area (Å²) in [6, 6.07) is 4.09. The van der Waals surface area contributed by atoms with Crippen LogP contribution in [0.1, 0.15) is 42.4 Å². The van der Waals surface area contributed by atoms with Gasteiger partial charge in [-0.15, -0.1) is 0 Å². The van der Waals surface area contributed by atoms with E-state index in [1.54, 1.807) is 0 Å². The van der Waals surface area contributed by atoms with Gasteiger partial charge in [0.1, 0.15) is 12.0 Å². The molecule has 1 aromatic carbocycles. The molecular weight excluding hydrogens is 200 g/mol. The van der Waals surface area contributed by atoms with E-state index < -0.39 is 0 Å². The van der Waals surface area contributed by atoms with Crippen molar-refractivity contribution in [2.45, 2.75) is 46.0 Å². The molecule has 0 atom stereocenters. The Morgan fingerprint density at radius 2 is 1.75 bits per heavy atom. The highest BCUT2D eigenvalue weighted by Crippen LogP contribution is 2.23. The van der Waals surface area contributed by atoms with Crippen molar-refractivity contribution >= 4 is 6.29 Å². The average molecular weight is 220 g/mol. The second-order valence-electron chi connectivity index (χ2n) is 4.34. The van der Waals surface area contributed by atoms with Crippen LogP contribution >= 0.6 is 0 Å². The first-order chi connectivity index (χ1) is 7.65. The lowest BCUT2D eigenvalue weighted by atomic mass is 10.0. The van der Waals surface area contributed by atoms with E-state index in [-0.39, 0.29) is 0 Å². The molecule has 0 fully saturated rings. The molecule has 0 heterocycles. The van der Waals surface area contributed by atoms with Crippen LogP contribution in [0.25, 0.3) is 0 Å². The van der Waals surface area contributed by atoms with Gasteiger partial charge in [0.25, 0.3) is 0 Å². The van der Waals surface area contributed by atoms with E-state index in [1.165, 1.54) is 5.56 Å². The second-order valence-corrected chi connectivity index (χ2v) is 4.34. The maximum absolute atomic E-state index is 10.1. The highest BCUT2D eigenvalue weighted by atomic mass is 16.3. The Hall–Kier alpha value is -1.31. The number of phenolic OH excluding ortho intramolecular Hbond substituents is 1. The van der Waals surface area contributed by atoms with E-state index in [1.807, 2.05) is 26.0 Å². The number of rotatable bonds is 6. The molecule has 0 amide bonds. The summed E-state index contributed by atoms with van der Waals surface area (Å²) < 4.78 is 0. The van der Waals surface area contributed by atoms with Gasteiger partial charge in [-0.2, -0.15) is 0 Å². The van der Waals surface area contributed by atoms with Crippen molar-refractivity contribution in [1.82, 2.24) is 0 Å². The predicted octanol–water partition coefficient (Wildman–Crippen LogP) is 3.31. The Labute approximate surface area is 97.3 Å². The lowest BCUT2D eigenvalue weighted by Gasteiger charge is -2.07. The smallest absolute Gasteiger partial charge is 0.121 e. The third-order valence-corrected chi connectivity index (χ3v) is 2.84. The van der Waals surface area contributed by atoms with Crippen molar-refractivity contribution in [2.75, 3.05) is 0 Å². The van der Waals surface area contributed by atoms with Gasteiger partial charge in [-0.1, -0.05) is 18.6 Å². The fourth-order valence-corrected chi connectivity index (χ4v) is 1.92. The van der Waals surface area contributed by atoms with Crippen LogP contribution in [0, 0.1) is 13.8 Å². The third kappa shape index (κ3) is 3.69. The van der Waals surface area contributed by atoms with Gasteiger partial charge in [-0.3, -0.25) is 0 Å². The van der Waals surface area contributed by atoms with E-state index in [0.717, 1.165) is 43.1 Å². The zero-order chi connectivity index (χ0) is 12.0. The number of hydrogen-bond acceptors (Lipinski definition) is 2. The monoisotopic (exact) mass is 220 g/mol. The van der Waals surface area contributed by atoms with Gasteiger partial charge in [-0.25, -0.2) is 0 Å². The molecule has 16 heavy (non-hydrogen) atoms. The SMILES string of the molecule is Cc1cc(CCCCCC=O)cc(C)c1O. The molecule has 0 aliphatic heterocycles. The molecule has 2 nitrogen and oxygen atoms in total. The normalized spacial score (nSPS) is 10.4. The van der Waals surface area contributed by atoms with Crippen LogP contribution in [0.3, 0.4) is 0 Å². The molecule has 0 saturated carbocycles. The quantitative estimate of drug-likeness (QED) is 0.590. The van der Waals surface area contributed by atoms with Gasteiger partial charge in [0.2, 0.25) is 0 Å². The van der Waals surface area contributed by atoms with Gasteiger partial charge >= 0.3 is 0 Å². The molecule has 0 bridgehead atoms. The number of aldehydes is 1. The number of unbranched alkanes of at least 4 members (excludes halogenated alkanes) is 3. The summed E-state index contributed by atoms with van der Waals surface area (Å²) in [7, 11) is 0. The Bertz CT molecular complexity index is 333. The Kier molecular flexibility index (Phi) is 5.03. The van der Waals surface area contributed by atoms with Crippen LogP contribution in [0.15, 0.2) is 12.1 Å². The van der Waals surface area contributed by atoms with Gasteiger partial charge < -0.3 is 9.90 Å². The second kappa shape index (κ2) is 6.31. The molecule has 1 rings (SSSR count). The highest BCUT2D eigenvalue weighted by molar-refractivity contribution is 5.48. The summed E-state index contributed by atoms with van der Waals surface area (Å²) in [5, 5.41) is 9.63. The fourth-order valence-electron chi connectivity index (χ4n) is 1.92. The van der Waals surface area contributed by atoms with Crippen molar-refractivity contribution in [2.24, 2.45) is 0 Å². The molecule has 88 valence electrons. The number of phenols is 1. The highest BCUT2D eigenvalue weighted by Gasteiger charge is 2.03. The standard InChI is InChI=1S/C14H20O2/c1-11-9-13(10-12(2)14(11)16)7-5-3-4-6-8-15/h8-10,16H,3-7H2,1-2H3. The van der Waals surface area contributed by atoms with E-state index in [2.05, 4.69) is 0 Å². The molecule has 0 unspecified atom stereocenters. The van der Waals surface area contributed by atoms with Crippen LogP contribution < -0.4 is 0 Å². The zero-order valence-electron chi connectivity index (χ0n) is 10.1. The zero-order valence-corrected chi connectivity index (χ0v) is 10.1. The topological polar surface area (TPSA) is 37.3 Å². The average Bonchev–Trinajstić information content (AvgIpc) is 2.25. The Morgan fingerprint density at radius 1 is 1.12 bits per heavy atom. The molecule has 0 spiro atoms. The summed E-state index contributed by atoms with van der Waals surface area (Å²) in [6.45, 7) is 3.86. The minimum Gasteiger partial charge on any atom is -0.507 e. The maximum Gasteiger partial charge on any atom is 0.121 e. The van der Waals surface area contributed by atoms with Gasteiger partial charge in [0.15, 0.2) is 0 Å². The first-order valence-corrected chi connectivity index (χ1v) is 5.88.